The number of hydrogen-bond donors (Lipinski definition) is 1. The van der Waals surface area contributed by atoms with E-state index in [1.165, 1.54) is 53.4 Å². The smallest absolute Gasteiger partial charge is 0.264 e. The molecule has 3 aromatic rings. The van der Waals surface area contributed by atoms with Gasteiger partial charge in [0.2, 0.25) is 11.8 Å². The molecule has 0 heterocycles. The largest absolute Gasteiger partial charge is 0.494 e. The number of anilines is 1. The molecule has 3 aromatic carbocycles. The summed E-state index contributed by atoms with van der Waals surface area (Å²) >= 11 is 5.96. The Bertz CT molecular complexity index is 1370. The average molecular weight is 576 g/mol. The summed E-state index contributed by atoms with van der Waals surface area (Å²) in [5.41, 5.74) is 0.809. The van der Waals surface area contributed by atoms with Crippen LogP contribution in [0.3, 0.4) is 0 Å². The highest BCUT2D eigenvalue weighted by Crippen LogP contribution is 2.27. The summed E-state index contributed by atoms with van der Waals surface area (Å²) in [5.74, 6) is -0.922. The average Bonchev–Trinajstić information content (AvgIpc) is 2.92. The van der Waals surface area contributed by atoms with Crippen molar-refractivity contribution in [2.75, 3.05) is 24.0 Å². The lowest BCUT2D eigenvalue weighted by Gasteiger charge is -2.32. The second-order valence-electron chi connectivity index (χ2n) is 8.61. The number of rotatable bonds is 12. The van der Waals surface area contributed by atoms with Gasteiger partial charge in [-0.05, 0) is 87.0 Å². The Labute approximate surface area is 233 Å². The third-order valence-corrected chi connectivity index (χ3v) is 7.94. The maximum absolute atomic E-state index is 13.8. The van der Waals surface area contributed by atoms with Crippen molar-refractivity contribution in [3.8, 4) is 5.75 Å². The van der Waals surface area contributed by atoms with Gasteiger partial charge in [-0.15, -0.1) is 0 Å². The Balaban J connectivity index is 2.02. The maximum Gasteiger partial charge on any atom is 0.264 e. The second kappa shape index (κ2) is 13.4. The van der Waals surface area contributed by atoms with Crippen LogP contribution in [-0.2, 0) is 26.2 Å². The van der Waals surface area contributed by atoms with E-state index in [1.54, 1.807) is 38.1 Å². The summed E-state index contributed by atoms with van der Waals surface area (Å²) < 4.78 is 47.5. The number of amides is 2. The van der Waals surface area contributed by atoms with Crippen molar-refractivity contribution in [3.63, 3.8) is 0 Å². The van der Waals surface area contributed by atoms with Crippen LogP contribution in [-0.4, -0.2) is 50.9 Å². The van der Waals surface area contributed by atoms with E-state index in [0.29, 0.717) is 29.5 Å². The van der Waals surface area contributed by atoms with Crippen molar-refractivity contribution in [2.24, 2.45) is 0 Å². The zero-order valence-electron chi connectivity index (χ0n) is 21.9. The highest BCUT2D eigenvalue weighted by molar-refractivity contribution is 7.92. The monoisotopic (exact) mass is 575 g/mol. The van der Waals surface area contributed by atoms with E-state index in [2.05, 4.69) is 5.32 Å². The first-order valence-electron chi connectivity index (χ1n) is 12.4. The number of ether oxygens (including phenoxy) is 1. The minimum absolute atomic E-state index is 0.0322. The van der Waals surface area contributed by atoms with E-state index >= 15 is 0 Å². The Hall–Kier alpha value is -3.63. The van der Waals surface area contributed by atoms with Gasteiger partial charge in [-0.1, -0.05) is 23.7 Å². The second-order valence-corrected chi connectivity index (χ2v) is 10.9. The van der Waals surface area contributed by atoms with Gasteiger partial charge in [-0.25, -0.2) is 12.8 Å². The molecule has 2 amide bonds. The van der Waals surface area contributed by atoms with Crippen LogP contribution in [0.1, 0.15) is 26.3 Å². The lowest BCUT2D eigenvalue weighted by Crippen LogP contribution is -2.51. The summed E-state index contributed by atoms with van der Waals surface area (Å²) in [5, 5.41) is 3.05. The topological polar surface area (TPSA) is 96.0 Å². The van der Waals surface area contributed by atoms with Gasteiger partial charge < -0.3 is 15.0 Å². The zero-order chi connectivity index (χ0) is 28.6. The summed E-state index contributed by atoms with van der Waals surface area (Å²) in [6.45, 7) is 5.30. The number of hydrogen-bond acceptors (Lipinski definition) is 5. The Morgan fingerprint density at radius 1 is 0.974 bits per heavy atom. The van der Waals surface area contributed by atoms with Gasteiger partial charge in [-0.3, -0.25) is 13.9 Å². The van der Waals surface area contributed by atoms with E-state index in [1.807, 2.05) is 6.92 Å². The molecule has 3 rings (SSSR count). The molecule has 1 atom stereocenters. The fraction of sp³-hybridized carbons (Fsp3) is 0.286. The third kappa shape index (κ3) is 7.70. The SMILES string of the molecule is CCNC(=O)[C@@H](C)N(Cc1ccc(F)cc1)C(=O)CN(c1ccc(OCC)cc1)S(=O)(=O)c1ccc(Cl)cc1. The molecule has 0 aliphatic heterocycles. The van der Waals surface area contributed by atoms with Crippen molar-refractivity contribution in [1.29, 1.82) is 0 Å². The quantitative estimate of drug-likeness (QED) is 0.340. The van der Waals surface area contributed by atoms with Gasteiger partial charge in [0.15, 0.2) is 0 Å². The molecule has 8 nitrogen and oxygen atoms in total. The van der Waals surface area contributed by atoms with Crippen LogP contribution >= 0.6 is 11.6 Å². The first-order valence-corrected chi connectivity index (χ1v) is 14.2. The molecule has 0 saturated carbocycles. The highest BCUT2D eigenvalue weighted by Gasteiger charge is 2.32. The zero-order valence-corrected chi connectivity index (χ0v) is 23.5. The van der Waals surface area contributed by atoms with Crippen LogP contribution in [0.4, 0.5) is 10.1 Å². The lowest BCUT2D eigenvalue weighted by atomic mass is 10.1. The summed E-state index contributed by atoms with van der Waals surface area (Å²) in [6.07, 6.45) is 0. The van der Waals surface area contributed by atoms with Crippen LogP contribution in [0, 0.1) is 5.82 Å². The summed E-state index contributed by atoms with van der Waals surface area (Å²) in [6, 6.07) is 16.5. The van der Waals surface area contributed by atoms with Gasteiger partial charge in [0, 0.05) is 18.1 Å². The predicted octanol–water partition coefficient (Wildman–Crippen LogP) is 4.63. The first kappa shape index (κ1) is 29.9. The maximum atomic E-state index is 13.8. The van der Waals surface area contributed by atoms with Crippen molar-refractivity contribution < 1.29 is 27.1 Å². The molecule has 0 spiro atoms. The van der Waals surface area contributed by atoms with E-state index in [4.69, 9.17) is 16.3 Å². The van der Waals surface area contributed by atoms with Gasteiger partial charge in [0.05, 0.1) is 17.2 Å². The first-order chi connectivity index (χ1) is 18.6. The molecule has 0 radical (unpaired) electrons. The minimum atomic E-state index is -4.22. The van der Waals surface area contributed by atoms with Crippen molar-refractivity contribution in [3.05, 3.63) is 89.2 Å². The number of nitrogens with zero attached hydrogens (tertiary/aromatic N) is 2. The summed E-state index contributed by atoms with van der Waals surface area (Å²) in [4.78, 5) is 27.7. The molecular formula is C28H31ClFN3O5S. The summed E-state index contributed by atoms with van der Waals surface area (Å²) in [7, 11) is -4.22. The van der Waals surface area contributed by atoms with E-state index in [0.717, 1.165) is 4.31 Å². The number of nitrogens with one attached hydrogen (secondary N) is 1. The highest BCUT2D eigenvalue weighted by atomic mass is 35.5. The fourth-order valence-corrected chi connectivity index (χ4v) is 5.37. The van der Waals surface area contributed by atoms with E-state index < -0.39 is 40.2 Å². The van der Waals surface area contributed by atoms with Gasteiger partial charge in [-0.2, -0.15) is 0 Å². The van der Waals surface area contributed by atoms with Crippen molar-refractivity contribution in [1.82, 2.24) is 10.2 Å². The Morgan fingerprint density at radius 3 is 2.15 bits per heavy atom. The molecule has 0 saturated heterocycles. The molecule has 0 fully saturated rings. The van der Waals surface area contributed by atoms with Gasteiger partial charge in [0.1, 0.15) is 24.2 Å². The predicted molar refractivity (Wildman–Crippen MR) is 149 cm³/mol. The number of carbonyl (C=O) groups is 2. The molecule has 11 heteroatoms. The fourth-order valence-electron chi connectivity index (χ4n) is 3.83. The Morgan fingerprint density at radius 2 is 1.59 bits per heavy atom. The van der Waals surface area contributed by atoms with E-state index in [9.17, 15) is 22.4 Å². The number of carbonyl (C=O) groups excluding carboxylic acids is 2. The molecule has 0 aliphatic carbocycles. The van der Waals surface area contributed by atoms with Crippen molar-refractivity contribution >= 4 is 39.1 Å². The van der Waals surface area contributed by atoms with Crippen LogP contribution in [0.2, 0.25) is 5.02 Å². The lowest BCUT2D eigenvalue weighted by molar-refractivity contribution is -0.139. The third-order valence-electron chi connectivity index (χ3n) is 5.90. The molecule has 39 heavy (non-hydrogen) atoms. The van der Waals surface area contributed by atoms with Crippen LogP contribution in [0.5, 0.6) is 5.75 Å². The van der Waals surface area contributed by atoms with Crippen LogP contribution < -0.4 is 14.4 Å². The van der Waals surface area contributed by atoms with Gasteiger partial charge in [0.25, 0.3) is 10.0 Å². The Kier molecular flexibility index (Phi) is 10.3. The molecular weight excluding hydrogens is 545 g/mol. The standard InChI is InChI=1S/C28H31ClFN3O5S/c1-4-31-28(35)20(3)32(18-21-6-10-23(30)11-7-21)27(34)19-33(24-12-14-25(15-13-24)38-5-2)39(36,37)26-16-8-22(29)9-17-26/h6-17,20H,4-5,18-19H2,1-3H3,(H,31,35)/t20-/m1/s1. The number of sulfonamides is 1. The number of benzene rings is 3. The van der Waals surface area contributed by atoms with Crippen LogP contribution in [0.25, 0.3) is 0 Å². The molecule has 1 N–H and O–H groups in total. The molecule has 208 valence electrons. The van der Waals surface area contributed by atoms with Gasteiger partial charge >= 0.3 is 0 Å². The number of halogens is 2. The molecule has 0 unspecified atom stereocenters. The normalized spacial score (nSPS) is 11.9. The molecule has 0 aromatic heterocycles. The molecule has 0 aliphatic rings. The van der Waals surface area contributed by atoms with E-state index in [-0.39, 0.29) is 17.1 Å². The molecule has 0 bridgehead atoms. The van der Waals surface area contributed by atoms with Crippen molar-refractivity contribution in [2.45, 2.75) is 38.3 Å². The number of likely N-dealkylation sites (N-methyl/N-ethyl adjacent to an activating group) is 1. The minimum Gasteiger partial charge on any atom is -0.494 e. The van der Waals surface area contributed by atoms with Crippen LogP contribution in [0.15, 0.2) is 77.7 Å².